The number of aliphatic hydroxyl groups excluding tert-OH is 2. The summed E-state index contributed by atoms with van der Waals surface area (Å²) in [5.41, 5.74) is 0.224. The largest absolute Gasteiger partial charge is 0.507 e. The van der Waals surface area contributed by atoms with Crippen LogP contribution in [0.1, 0.15) is 40.1 Å². The average Bonchev–Trinajstić information content (AvgIpc) is 3.03. The Bertz CT molecular complexity index is 1290. The number of carbonyl (C=O) groups excluding carboxylic acids is 3. The highest BCUT2D eigenvalue weighted by Gasteiger charge is 2.76. The number of aromatic hydroxyl groups is 1. The molecule has 3 rings (SSSR count). The number of esters is 1. The zero-order chi connectivity index (χ0) is 30.9. The number of rotatable bonds is 9. The van der Waals surface area contributed by atoms with Crippen LogP contribution in [0.4, 0.5) is 10.5 Å². The predicted molar refractivity (Wildman–Crippen MR) is 149 cm³/mol. The van der Waals surface area contributed by atoms with E-state index in [9.17, 15) is 39.9 Å². The van der Waals surface area contributed by atoms with Gasteiger partial charge in [-0.3, -0.25) is 4.79 Å². The molecule has 6 atom stereocenters. The van der Waals surface area contributed by atoms with Gasteiger partial charge < -0.3 is 51.5 Å². The van der Waals surface area contributed by atoms with Gasteiger partial charge in [0.25, 0.3) is 0 Å². The van der Waals surface area contributed by atoms with Crippen molar-refractivity contribution >= 4 is 23.5 Å². The molecule has 1 unspecified atom stereocenters. The lowest BCUT2D eigenvalue weighted by Crippen LogP contribution is -2.76. The maximum absolute atomic E-state index is 13.0. The van der Waals surface area contributed by atoms with E-state index < -0.39 is 65.9 Å². The number of phenols is 1. The van der Waals surface area contributed by atoms with Gasteiger partial charge >= 0.3 is 12.0 Å². The monoisotopic (exact) mass is 574 g/mol. The fourth-order valence-corrected chi connectivity index (χ4v) is 5.49. The van der Waals surface area contributed by atoms with Crippen molar-refractivity contribution in [2.45, 2.75) is 55.7 Å². The van der Waals surface area contributed by atoms with Crippen molar-refractivity contribution in [2.24, 2.45) is 5.73 Å². The Morgan fingerprint density at radius 2 is 1.78 bits per heavy atom. The van der Waals surface area contributed by atoms with Crippen molar-refractivity contribution < 1.29 is 44.7 Å². The van der Waals surface area contributed by atoms with Gasteiger partial charge in [0.1, 0.15) is 35.7 Å². The fourth-order valence-electron chi connectivity index (χ4n) is 5.49. The summed E-state index contributed by atoms with van der Waals surface area (Å²) >= 11 is 0. The molecule has 41 heavy (non-hydrogen) atoms. The number of urea groups is 1. The molecule has 224 valence electrons. The van der Waals surface area contributed by atoms with E-state index >= 15 is 0 Å². The number of ketones is 1. The number of nitrogens with zero attached hydrogens (tertiary/aromatic N) is 1. The molecule has 13 nitrogen and oxygen atoms in total. The topological polar surface area (TPSA) is 215 Å². The van der Waals surface area contributed by atoms with Gasteiger partial charge in [-0.1, -0.05) is 24.3 Å². The first-order valence-electron chi connectivity index (χ1n) is 12.9. The number of anilines is 1. The number of carbonyl (C=O) groups is 3. The predicted octanol–water partition coefficient (Wildman–Crippen LogP) is -0.273. The number of amides is 2. The van der Waals surface area contributed by atoms with Crippen LogP contribution in [0, 0.1) is 6.92 Å². The molecular formula is C28H38N4O9. The first-order valence-corrected chi connectivity index (χ1v) is 12.9. The number of hydrogen-bond donors (Lipinski definition) is 8. The summed E-state index contributed by atoms with van der Waals surface area (Å²) in [6.07, 6.45) is -1.55. The van der Waals surface area contributed by atoms with Crippen LogP contribution in [-0.2, 0) is 4.74 Å². The van der Waals surface area contributed by atoms with Gasteiger partial charge in [0, 0.05) is 25.3 Å². The highest BCUT2D eigenvalue weighted by molar-refractivity contribution is 5.97. The molecule has 0 saturated heterocycles. The smallest absolute Gasteiger partial charge is 0.342 e. The fraction of sp³-hybridized carbons (Fsp3) is 0.464. The molecule has 2 amide bonds. The summed E-state index contributed by atoms with van der Waals surface area (Å²) in [6.45, 7) is 2.38. The normalized spacial score (nSPS) is 28.0. The molecule has 1 saturated carbocycles. The lowest BCUT2D eigenvalue weighted by Gasteiger charge is -2.48. The number of phenolic OH excluding ortho intramolecular Hbond substituents is 1. The van der Waals surface area contributed by atoms with Crippen molar-refractivity contribution in [2.75, 3.05) is 32.6 Å². The maximum atomic E-state index is 13.0. The zero-order valence-electron chi connectivity index (χ0n) is 23.6. The molecular weight excluding hydrogens is 536 g/mol. The molecule has 0 bridgehead atoms. The Morgan fingerprint density at radius 1 is 1.15 bits per heavy atom. The number of aliphatic hydroxyl groups is 4. The SMILES string of the molecule is Cc1cccc(O)c1C(=O)OC[C@@]1(O)[C@@H](Nc2cccc(C(=O)CO)c2)[C@H](N)[C@@](NC(=O)N(C)C)(C(C)O)[C@@]1(C)O. The van der Waals surface area contributed by atoms with Crippen LogP contribution in [0.5, 0.6) is 5.75 Å². The van der Waals surface area contributed by atoms with Gasteiger partial charge in [0.15, 0.2) is 11.4 Å². The number of aryl methyl sites for hydroxylation is 1. The molecule has 0 aliphatic heterocycles. The van der Waals surface area contributed by atoms with Crippen molar-refractivity contribution in [3.63, 3.8) is 0 Å². The second-order valence-electron chi connectivity index (χ2n) is 10.7. The van der Waals surface area contributed by atoms with Crippen LogP contribution in [0.2, 0.25) is 0 Å². The lowest BCUT2D eigenvalue weighted by atomic mass is 9.73. The van der Waals surface area contributed by atoms with Crippen LogP contribution in [-0.4, -0.2) is 110 Å². The third-order valence-corrected chi connectivity index (χ3v) is 7.96. The van der Waals surface area contributed by atoms with Gasteiger partial charge in [-0.05, 0) is 44.5 Å². The minimum Gasteiger partial charge on any atom is -0.507 e. The zero-order valence-corrected chi connectivity index (χ0v) is 23.6. The van der Waals surface area contributed by atoms with Gasteiger partial charge in [-0.15, -0.1) is 0 Å². The number of Topliss-reactive ketones (excluding diaryl/α,β-unsaturated/α-hetero) is 1. The van der Waals surface area contributed by atoms with Crippen LogP contribution < -0.4 is 16.4 Å². The summed E-state index contributed by atoms with van der Waals surface area (Å²) in [5, 5.41) is 60.3. The number of benzene rings is 2. The lowest BCUT2D eigenvalue weighted by molar-refractivity contribution is -0.186. The first-order chi connectivity index (χ1) is 19.0. The van der Waals surface area contributed by atoms with Crippen LogP contribution in [0.15, 0.2) is 42.5 Å². The number of ether oxygens (including phenoxy) is 1. The molecule has 1 aliphatic rings. The van der Waals surface area contributed by atoms with Gasteiger partial charge in [-0.25, -0.2) is 9.59 Å². The average molecular weight is 575 g/mol. The van der Waals surface area contributed by atoms with Gasteiger partial charge in [0.05, 0.1) is 18.2 Å². The third kappa shape index (κ3) is 5.34. The maximum Gasteiger partial charge on any atom is 0.342 e. The molecule has 0 spiro atoms. The molecule has 1 aliphatic carbocycles. The van der Waals surface area contributed by atoms with Crippen molar-refractivity contribution in [1.82, 2.24) is 10.2 Å². The van der Waals surface area contributed by atoms with E-state index in [4.69, 9.17) is 10.5 Å². The molecule has 13 heteroatoms. The van der Waals surface area contributed by atoms with E-state index in [1.807, 2.05) is 0 Å². The van der Waals surface area contributed by atoms with Crippen LogP contribution in [0.25, 0.3) is 0 Å². The Morgan fingerprint density at radius 3 is 2.34 bits per heavy atom. The Labute approximate surface area is 237 Å². The summed E-state index contributed by atoms with van der Waals surface area (Å²) in [6, 6.07) is 6.74. The van der Waals surface area contributed by atoms with E-state index in [1.54, 1.807) is 13.0 Å². The van der Waals surface area contributed by atoms with Gasteiger partial charge in [-0.2, -0.15) is 0 Å². The molecule has 0 radical (unpaired) electrons. The molecule has 9 N–H and O–H groups in total. The van der Waals surface area contributed by atoms with Crippen LogP contribution >= 0.6 is 0 Å². The minimum atomic E-state index is -2.48. The summed E-state index contributed by atoms with van der Waals surface area (Å²) in [5.74, 6) is -1.93. The number of nitrogens with two attached hydrogens (primary N) is 1. The summed E-state index contributed by atoms with van der Waals surface area (Å²) in [4.78, 5) is 39.1. The van der Waals surface area contributed by atoms with Gasteiger partial charge in [0.2, 0.25) is 0 Å². The van der Waals surface area contributed by atoms with Crippen molar-refractivity contribution in [3.8, 4) is 5.75 Å². The van der Waals surface area contributed by atoms with E-state index in [1.165, 1.54) is 57.4 Å². The standard InChI is InChI=1S/C28H38N4O9/c1-15-8-6-11-19(35)21(15)24(37)41-14-27(40)23(30-18-10-7-9-17(12-18)20(36)13-33)22(29)28(16(2)34,26(27,3)39)31-25(38)32(4)5/h6-12,16,22-23,30,33-35,39-40H,13-14,29H2,1-5H3,(H,31,38)/t16?,22-,23-,26-,27+,28-/m0/s1. The van der Waals surface area contributed by atoms with Crippen molar-refractivity contribution in [1.29, 1.82) is 0 Å². The molecule has 1 fully saturated rings. The molecule has 0 aromatic heterocycles. The molecule has 2 aromatic rings. The molecule has 0 heterocycles. The Balaban J connectivity index is 2.13. The van der Waals surface area contributed by atoms with E-state index in [0.29, 0.717) is 5.56 Å². The minimum absolute atomic E-state index is 0.142. The van der Waals surface area contributed by atoms with E-state index in [0.717, 1.165) is 11.8 Å². The highest BCUT2D eigenvalue weighted by Crippen LogP contribution is 2.49. The Hall–Kier alpha value is -3.75. The van der Waals surface area contributed by atoms with Crippen LogP contribution in [0.3, 0.4) is 0 Å². The number of hydrogen-bond acceptors (Lipinski definition) is 11. The molecule has 2 aromatic carbocycles. The van der Waals surface area contributed by atoms with E-state index in [-0.39, 0.29) is 22.6 Å². The second-order valence-corrected chi connectivity index (χ2v) is 10.7. The first kappa shape index (κ1) is 31.8. The second kappa shape index (κ2) is 11.6. The quantitative estimate of drug-likeness (QED) is 0.144. The third-order valence-electron chi connectivity index (χ3n) is 7.96. The summed E-state index contributed by atoms with van der Waals surface area (Å²) in [7, 11) is 2.87. The summed E-state index contributed by atoms with van der Waals surface area (Å²) < 4.78 is 5.44. The Kier molecular flexibility index (Phi) is 9.01. The van der Waals surface area contributed by atoms with E-state index in [2.05, 4.69) is 10.6 Å². The van der Waals surface area contributed by atoms with Crippen molar-refractivity contribution in [3.05, 3.63) is 59.2 Å². The highest BCUT2D eigenvalue weighted by atomic mass is 16.5. The number of nitrogens with one attached hydrogen (secondary N) is 2.